The minimum atomic E-state index is 0.431. The van der Waals surface area contributed by atoms with Gasteiger partial charge in [-0.3, -0.25) is 0 Å². The molecule has 0 saturated heterocycles. The first kappa shape index (κ1) is 10.9. The molecule has 3 nitrogen and oxygen atoms in total. The molecule has 0 aliphatic heterocycles. The van der Waals surface area contributed by atoms with E-state index in [2.05, 4.69) is 29.8 Å². The molecule has 1 aromatic rings. The van der Waals surface area contributed by atoms with Crippen LogP contribution in [0, 0.1) is 20.8 Å². The summed E-state index contributed by atoms with van der Waals surface area (Å²) in [5.41, 5.74) is 7.01. The van der Waals surface area contributed by atoms with Crippen molar-refractivity contribution >= 4 is 23.0 Å². The SMILES string of the molecule is Cc1cc(C)c(NC(=S)NN)c(C)c1. The highest BCUT2D eigenvalue weighted by Crippen LogP contribution is 2.21. The van der Waals surface area contributed by atoms with Crippen molar-refractivity contribution in [2.24, 2.45) is 5.84 Å². The molecular formula is C10H15N3S. The van der Waals surface area contributed by atoms with Crippen molar-refractivity contribution in [3.8, 4) is 0 Å². The average molecular weight is 209 g/mol. The average Bonchev–Trinajstić information content (AvgIpc) is 2.10. The fourth-order valence-corrected chi connectivity index (χ4v) is 1.63. The van der Waals surface area contributed by atoms with Gasteiger partial charge in [0.1, 0.15) is 0 Å². The van der Waals surface area contributed by atoms with Gasteiger partial charge in [-0.15, -0.1) is 0 Å². The van der Waals surface area contributed by atoms with Gasteiger partial charge in [0.2, 0.25) is 0 Å². The number of hydrogen-bond acceptors (Lipinski definition) is 2. The first-order valence-corrected chi connectivity index (χ1v) is 4.81. The highest BCUT2D eigenvalue weighted by molar-refractivity contribution is 7.80. The highest BCUT2D eigenvalue weighted by Gasteiger charge is 2.04. The molecule has 0 unspecified atom stereocenters. The maximum Gasteiger partial charge on any atom is 0.185 e. The third-order valence-electron chi connectivity index (χ3n) is 2.05. The van der Waals surface area contributed by atoms with Gasteiger partial charge in [0.05, 0.1) is 0 Å². The summed E-state index contributed by atoms with van der Waals surface area (Å²) in [7, 11) is 0. The van der Waals surface area contributed by atoms with E-state index in [0.29, 0.717) is 5.11 Å². The summed E-state index contributed by atoms with van der Waals surface area (Å²) in [6, 6.07) is 4.21. The summed E-state index contributed by atoms with van der Waals surface area (Å²) in [5.74, 6) is 5.20. The molecule has 0 atom stereocenters. The summed E-state index contributed by atoms with van der Waals surface area (Å²) in [6.45, 7) is 6.16. The lowest BCUT2D eigenvalue weighted by molar-refractivity contribution is 1.04. The van der Waals surface area contributed by atoms with Crippen molar-refractivity contribution in [3.63, 3.8) is 0 Å². The Morgan fingerprint density at radius 3 is 2.14 bits per heavy atom. The van der Waals surface area contributed by atoms with E-state index in [1.807, 2.05) is 13.8 Å². The van der Waals surface area contributed by atoms with E-state index < -0.39 is 0 Å². The van der Waals surface area contributed by atoms with Crippen molar-refractivity contribution in [1.29, 1.82) is 0 Å². The van der Waals surface area contributed by atoms with Crippen LogP contribution in [0.1, 0.15) is 16.7 Å². The zero-order chi connectivity index (χ0) is 10.7. The van der Waals surface area contributed by atoms with Crippen molar-refractivity contribution in [2.45, 2.75) is 20.8 Å². The number of hydrazine groups is 1. The fourth-order valence-electron chi connectivity index (χ4n) is 1.53. The Hall–Kier alpha value is -1.13. The molecule has 0 saturated carbocycles. The van der Waals surface area contributed by atoms with Crippen LogP contribution in [0.3, 0.4) is 0 Å². The zero-order valence-corrected chi connectivity index (χ0v) is 9.46. The van der Waals surface area contributed by atoms with Crippen molar-refractivity contribution in [2.75, 3.05) is 5.32 Å². The van der Waals surface area contributed by atoms with E-state index in [1.54, 1.807) is 0 Å². The topological polar surface area (TPSA) is 50.1 Å². The van der Waals surface area contributed by atoms with Gasteiger partial charge in [-0.05, 0) is 44.1 Å². The number of aryl methyl sites for hydroxylation is 3. The molecule has 0 aromatic heterocycles. The molecule has 0 spiro atoms. The largest absolute Gasteiger partial charge is 0.331 e. The van der Waals surface area contributed by atoms with Crippen LogP contribution in [0.5, 0.6) is 0 Å². The zero-order valence-electron chi connectivity index (χ0n) is 8.64. The molecule has 0 aliphatic carbocycles. The number of nitrogens with two attached hydrogens (primary N) is 1. The third-order valence-corrected chi connectivity index (χ3v) is 2.27. The number of thiocarbonyl (C=S) groups is 1. The second-order valence-electron chi connectivity index (χ2n) is 3.37. The Morgan fingerprint density at radius 1 is 1.21 bits per heavy atom. The van der Waals surface area contributed by atoms with Crippen LogP contribution in [-0.2, 0) is 0 Å². The molecule has 0 radical (unpaired) electrons. The fraction of sp³-hybridized carbons (Fsp3) is 0.300. The van der Waals surface area contributed by atoms with Crippen LogP contribution in [0.2, 0.25) is 0 Å². The summed E-state index contributed by atoms with van der Waals surface area (Å²) >= 11 is 4.94. The van der Waals surface area contributed by atoms with Crippen molar-refractivity contribution in [1.82, 2.24) is 5.43 Å². The summed E-state index contributed by atoms with van der Waals surface area (Å²) in [5, 5.41) is 3.48. The minimum absolute atomic E-state index is 0.431. The van der Waals surface area contributed by atoms with Gasteiger partial charge >= 0.3 is 0 Å². The van der Waals surface area contributed by atoms with Gasteiger partial charge in [-0.25, -0.2) is 5.84 Å². The third kappa shape index (κ3) is 2.43. The van der Waals surface area contributed by atoms with E-state index >= 15 is 0 Å². The normalized spacial score (nSPS) is 9.71. The van der Waals surface area contributed by atoms with E-state index in [9.17, 15) is 0 Å². The number of hydrogen-bond donors (Lipinski definition) is 3. The molecule has 0 bridgehead atoms. The number of anilines is 1. The van der Waals surface area contributed by atoms with E-state index in [1.165, 1.54) is 16.7 Å². The van der Waals surface area contributed by atoms with E-state index in [4.69, 9.17) is 18.1 Å². The Morgan fingerprint density at radius 2 is 1.71 bits per heavy atom. The smallest absolute Gasteiger partial charge is 0.185 e. The summed E-state index contributed by atoms with van der Waals surface area (Å²) in [4.78, 5) is 0. The van der Waals surface area contributed by atoms with Crippen LogP contribution >= 0.6 is 12.2 Å². The lowest BCUT2D eigenvalue weighted by Crippen LogP contribution is -2.34. The molecule has 0 fully saturated rings. The molecule has 0 amide bonds. The van der Waals surface area contributed by atoms with E-state index in [-0.39, 0.29) is 0 Å². The van der Waals surface area contributed by atoms with Gasteiger partial charge in [-0.1, -0.05) is 17.7 Å². The predicted molar refractivity (Wildman–Crippen MR) is 64.2 cm³/mol. The molecule has 4 heteroatoms. The summed E-state index contributed by atoms with van der Waals surface area (Å²) < 4.78 is 0. The Labute approximate surface area is 89.7 Å². The quantitative estimate of drug-likeness (QED) is 0.375. The van der Waals surface area contributed by atoms with Crippen LogP contribution in [-0.4, -0.2) is 5.11 Å². The molecule has 0 heterocycles. The van der Waals surface area contributed by atoms with Crippen LogP contribution in [0.4, 0.5) is 5.69 Å². The van der Waals surface area contributed by atoms with Gasteiger partial charge < -0.3 is 10.7 Å². The number of nitrogens with one attached hydrogen (secondary N) is 2. The molecule has 4 N–H and O–H groups in total. The molecule has 1 aromatic carbocycles. The lowest BCUT2D eigenvalue weighted by atomic mass is 10.1. The molecule has 0 aliphatic rings. The van der Waals surface area contributed by atoms with Crippen LogP contribution < -0.4 is 16.6 Å². The maximum absolute atomic E-state index is 5.20. The highest BCUT2D eigenvalue weighted by atomic mass is 32.1. The predicted octanol–water partition coefficient (Wildman–Crippen LogP) is 1.77. The van der Waals surface area contributed by atoms with Gasteiger partial charge in [0.25, 0.3) is 0 Å². The Bertz CT molecular complexity index is 337. The summed E-state index contributed by atoms with van der Waals surface area (Å²) in [6.07, 6.45) is 0. The lowest BCUT2D eigenvalue weighted by Gasteiger charge is -2.13. The van der Waals surface area contributed by atoms with Crippen molar-refractivity contribution < 1.29 is 0 Å². The number of benzene rings is 1. The van der Waals surface area contributed by atoms with Crippen molar-refractivity contribution in [3.05, 3.63) is 28.8 Å². The minimum Gasteiger partial charge on any atom is -0.331 e. The number of rotatable bonds is 1. The Balaban J connectivity index is 3.02. The van der Waals surface area contributed by atoms with Crippen LogP contribution in [0.15, 0.2) is 12.1 Å². The van der Waals surface area contributed by atoms with Gasteiger partial charge in [0, 0.05) is 5.69 Å². The monoisotopic (exact) mass is 209 g/mol. The molecule has 14 heavy (non-hydrogen) atoms. The molecule has 76 valence electrons. The maximum atomic E-state index is 5.20. The first-order chi connectivity index (χ1) is 6.54. The van der Waals surface area contributed by atoms with E-state index in [0.717, 1.165) is 5.69 Å². The van der Waals surface area contributed by atoms with Crippen LogP contribution in [0.25, 0.3) is 0 Å². The second-order valence-corrected chi connectivity index (χ2v) is 3.78. The molecule has 1 rings (SSSR count). The second kappa shape index (κ2) is 4.39. The van der Waals surface area contributed by atoms with Gasteiger partial charge in [-0.2, -0.15) is 0 Å². The Kier molecular flexibility index (Phi) is 3.43. The first-order valence-electron chi connectivity index (χ1n) is 4.40. The standard InChI is InChI=1S/C10H15N3S/c1-6-4-7(2)9(8(3)5-6)12-10(14)13-11/h4-5H,11H2,1-3H3,(H2,12,13,14). The molecular weight excluding hydrogens is 194 g/mol. The van der Waals surface area contributed by atoms with Gasteiger partial charge in [0.15, 0.2) is 5.11 Å².